The van der Waals surface area contributed by atoms with Gasteiger partial charge < -0.3 is 60.2 Å². The summed E-state index contributed by atoms with van der Waals surface area (Å²) in [5, 5.41) is 18.2. The Kier molecular flexibility index (Phi) is 29.1. The Morgan fingerprint density at radius 2 is 0.645 bits per heavy atom. The molecule has 16 aromatic rings. The number of aromatic amines is 4. The molecule has 16 heterocycles. The van der Waals surface area contributed by atoms with Gasteiger partial charge in [-0.3, -0.25) is 0 Å². The third kappa shape index (κ3) is 22.9. The standard InChI is InChI=1S/C22H25ClN8O3S.C22H24ClN7O3S.C21H22Cl2N8O3S.C21H23ClN8O3S/c1-12-5-4-6-15-16(12)21(34-14-7-9-31(10-8-14)35(3,32)33)28-18(27-15)13(2)26-20-17-19(25-11-24-17)29-22(23)30-20;1-13(26-20-18-19(25-12-24-18)28-22(23)29-20)17-11-14-5-3-4-6-16(14)21(27-17)33-15-7-9-30(10-8-15)34(2,31)32;1-11(26-19-16-18(25-10-24-16)29-21(23)30-19)17-27-14-5-3-4-13(22)15(14)20(28-17)34-12-6-8-31(9-7-12)35(2,32)33;1-12(25-19-16-18(24-11-23-16)28-21(22)29-19)17-26-15-6-4-3-5-14(15)20(27-17)33-13-7-9-30(10-8-13)34(2,31)32/h4-6,11,13-14H,7-10H2,1-3H3,(H2,24,25,26,29,30);3-6,11-13,15H,7-10H2,1-2H3,(H2,24,25,26,28,29);3-5,10-12H,6-9H2,1-2H3,(H2,24,25,26,29,30);3-6,11-13H,7-10H2,1-2H3,(H2,23,24,25,28,29)/t2*13-;11-;12-/m0000/s1. The maximum absolute atomic E-state index is 11.9. The van der Waals surface area contributed by atoms with Crippen molar-refractivity contribution in [1.82, 2.24) is 132 Å². The quantitative estimate of drug-likeness (QED) is 0.0260. The van der Waals surface area contributed by atoms with Crippen molar-refractivity contribution in [3.8, 4) is 23.5 Å². The molecule has 4 fully saturated rings. The van der Waals surface area contributed by atoms with Crippen molar-refractivity contribution < 1.29 is 52.6 Å². The Hall–Kier alpha value is -12.0. The van der Waals surface area contributed by atoms with E-state index in [-0.39, 0.29) is 69.7 Å². The number of aryl methyl sites for hydroxylation is 1. The minimum Gasteiger partial charge on any atom is -0.474 e. The van der Waals surface area contributed by atoms with E-state index < -0.39 is 40.1 Å². The van der Waals surface area contributed by atoms with Crippen LogP contribution >= 0.6 is 58.0 Å². The summed E-state index contributed by atoms with van der Waals surface area (Å²) in [6.45, 7) is 13.0. The minimum atomic E-state index is -3.23. The summed E-state index contributed by atoms with van der Waals surface area (Å²) < 4.78 is 126. The minimum absolute atomic E-state index is 0.0648. The fourth-order valence-electron chi connectivity index (χ4n) is 16.4. The molecule has 4 aromatic carbocycles. The molecule has 20 rings (SSSR count). The fraction of sp³-hybridized carbons (Fsp3) is 0.384. The number of fused-ring (bicyclic) bond motifs is 8. The monoisotopic (exact) mass is 2060 g/mol. The number of rotatable bonds is 24. The lowest BCUT2D eigenvalue weighted by Crippen LogP contribution is -2.41. The summed E-state index contributed by atoms with van der Waals surface area (Å²) in [6.07, 6.45) is 15.1. The fourth-order valence-corrected chi connectivity index (χ4v) is 20.8. The molecule has 4 saturated heterocycles. The zero-order valence-electron chi connectivity index (χ0n) is 75.6. The van der Waals surface area contributed by atoms with Crippen LogP contribution in [0.25, 0.3) is 88.1 Å². The molecule has 4 atom stereocenters. The zero-order chi connectivity index (χ0) is 97.2. The maximum atomic E-state index is 11.9. The molecule has 0 spiro atoms. The summed E-state index contributed by atoms with van der Waals surface area (Å²) in [4.78, 5) is 95.4. The first kappa shape index (κ1) is 97.6. The lowest BCUT2D eigenvalue weighted by molar-refractivity contribution is 0.131. The molecule has 0 aliphatic carbocycles. The normalized spacial score (nSPS) is 16.6. The van der Waals surface area contributed by atoms with Crippen LogP contribution < -0.4 is 40.2 Å². The number of ether oxygens (including phenoxy) is 4. The van der Waals surface area contributed by atoms with Gasteiger partial charge in [0.15, 0.2) is 63.3 Å². The van der Waals surface area contributed by atoms with Crippen LogP contribution in [0.4, 0.5) is 23.3 Å². The average Bonchev–Trinajstić information content (AvgIpc) is 1.05. The highest BCUT2D eigenvalue weighted by atomic mass is 35.5. The van der Waals surface area contributed by atoms with E-state index in [2.05, 4.69) is 101 Å². The maximum Gasteiger partial charge on any atom is 0.226 e. The van der Waals surface area contributed by atoms with Gasteiger partial charge in [-0.2, -0.15) is 54.8 Å². The lowest BCUT2D eigenvalue weighted by atomic mass is 10.1. The first-order chi connectivity index (χ1) is 65.9. The number of anilines is 4. The van der Waals surface area contributed by atoms with Crippen molar-refractivity contribution >= 4 is 210 Å². The largest absolute Gasteiger partial charge is 0.474 e. The highest BCUT2D eigenvalue weighted by Gasteiger charge is 2.34. The number of sulfonamides is 4. The van der Waals surface area contributed by atoms with E-state index >= 15 is 0 Å². The first-order valence-corrected chi connectivity index (χ1v) is 53.1. The number of imidazole rings is 4. The smallest absolute Gasteiger partial charge is 0.226 e. The van der Waals surface area contributed by atoms with Crippen molar-refractivity contribution in [3.63, 3.8) is 0 Å². The zero-order valence-corrected chi connectivity index (χ0v) is 82.7. The second-order valence-corrected chi connectivity index (χ2v) is 43.2. The third-order valence-electron chi connectivity index (χ3n) is 23.5. The molecule has 0 radical (unpaired) electrons. The van der Waals surface area contributed by atoms with Crippen LogP contribution in [0.5, 0.6) is 23.5 Å². The molecular formula is C86H94Cl5N31O12S4. The molecule has 4 aliphatic heterocycles. The molecular weight excluding hydrogens is 1960 g/mol. The number of piperidine rings is 4. The van der Waals surface area contributed by atoms with Gasteiger partial charge in [0.2, 0.25) is 84.7 Å². The van der Waals surface area contributed by atoms with Crippen LogP contribution in [0.15, 0.2) is 116 Å². The molecule has 4 aliphatic rings. The van der Waals surface area contributed by atoms with E-state index in [1.165, 1.54) is 61.2 Å². The predicted octanol–water partition coefficient (Wildman–Crippen LogP) is 13.3. The van der Waals surface area contributed by atoms with Crippen LogP contribution in [-0.2, 0) is 40.1 Å². The van der Waals surface area contributed by atoms with Crippen molar-refractivity contribution in [1.29, 1.82) is 0 Å². The van der Waals surface area contributed by atoms with Gasteiger partial charge in [-0.25, -0.2) is 90.8 Å². The van der Waals surface area contributed by atoms with Gasteiger partial charge in [-0.15, -0.1) is 0 Å². The number of hydrogen-bond donors (Lipinski definition) is 8. The number of benzene rings is 4. The van der Waals surface area contributed by atoms with Crippen LogP contribution in [0, 0.1) is 6.92 Å². The van der Waals surface area contributed by atoms with Crippen LogP contribution in [0.2, 0.25) is 26.2 Å². The van der Waals surface area contributed by atoms with Crippen molar-refractivity contribution in [3.05, 3.63) is 171 Å². The van der Waals surface area contributed by atoms with E-state index in [1.807, 2.05) is 120 Å². The van der Waals surface area contributed by atoms with E-state index in [1.54, 1.807) is 12.4 Å². The highest BCUT2D eigenvalue weighted by molar-refractivity contribution is 7.89. The Morgan fingerprint density at radius 1 is 0.341 bits per heavy atom. The molecule has 43 nitrogen and oxygen atoms in total. The summed E-state index contributed by atoms with van der Waals surface area (Å²) in [5.41, 5.74) is 8.27. The van der Waals surface area contributed by atoms with E-state index in [9.17, 15) is 33.7 Å². The number of nitrogens with one attached hydrogen (secondary N) is 8. The Labute approximate surface area is 816 Å². The van der Waals surface area contributed by atoms with Crippen LogP contribution in [0.3, 0.4) is 0 Å². The Balaban J connectivity index is 0.000000127. The number of aromatic nitrogens is 23. The number of pyridine rings is 1. The van der Waals surface area contributed by atoms with Gasteiger partial charge in [0.05, 0.1) is 118 Å². The summed E-state index contributed by atoms with van der Waals surface area (Å²) in [6, 6.07) is 27.5. The van der Waals surface area contributed by atoms with Crippen molar-refractivity contribution in [2.24, 2.45) is 0 Å². The molecule has 52 heteroatoms. The van der Waals surface area contributed by atoms with E-state index in [4.69, 9.17) is 112 Å². The van der Waals surface area contributed by atoms with Gasteiger partial charge in [0.1, 0.15) is 46.5 Å². The molecule has 8 N–H and O–H groups in total. The molecule has 0 amide bonds. The first-order valence-electron chi connectivity index (χ1n) is 43.8. The Morgan fingerprint density at radius 3 is 1.03 bits per heavy atom. The summed E-state index contributed by atoms with van der Waals surface area (Å²) >= 11 is 30.7. The van der Waals surface area contributed by atoms with Gasteiger partial charge in [-0.1, -0.05) is 60.1 Å². The molecule has 0 saturated carbocycles. The number of hydrogen-bond acceptors (Lipinski definition) is 35. The number of halogens is 5. The average molecular weight is 2060 g/mol. The summed E-state index contributed by atoms with van der Waals surface area (Å²) in [7, 11) is -12.8. The SMILES string of the molecule is C[C@H](Nc1nc(Cl)nc2nc[nH]c12)c1cc2ccccc2c(OC2CCN(S(C)(=O)=O)CC2)n1.C[C@H](Nc1nc(Cl)nc2nc[nH]c12)c1nc(OC2CCN(S(C)(=O)=O)CC2)c2c(Cl)cccc2n1.C[C@H](Nc1nc(Cl)nc2nc[nH]c12)c1nc(OC2CCN(S(C)(=O)=O)CC2)c2ccccc2n1.Cc1cccc2nc([C@H](C)Nc3nc(Cl)nc4nc[nH]c34)nc(OC3CCN(S(C)(=O)=O)CC3)c12. The van der Waals surface area contributed by atoms with E-state index in [0.717, 1.165) is 43.8 Å². The van der Waals surface area contributed by atoms with Gasteiger partial charge in [-0.05, 0) is 186 Å². The molecule has 138 heavy (non-hydrogen) atoms. The Bertz CT molecular complexity index is 7260. The lowest BCUT2D eigenvalue weighted by Gasteiger charge is -2.30. The summed E-state index contributed by atoms with van der Waals surface area (Å²) in [5.74, 6) is 5.34. The second-order valence-electron chi connectivity index (χ2n) is 33.5. The van der Waals surface area contributed by atoms with Crippen molar-refractivity contribution in [2.75, 3.05) is 98.6 Å². The predicted molar refractivity (Wildman–Crippen MR) is 525 cm³/mol. The van der Waals surface area contributed by atoms with Crippen molar-refractivity contribution in [2.45, 2.75) is 135 Å². The molecule has 0 unspecified atom stereocenters. The van der Waals surface area contributed by atoms with Gasteiger partial charge >= 0.3 is 0 Å². The number of H-pyrrole nitrogens is 4. The van der Waals surface area contributed by atoms with Crippen LogP contribution in [0.1, 0.15) is 132 Å². The number of para-hydroxylation sites is 1. The van der Waals surface area contributed by atoms with Gasteiger partial charge in [0.25, 0.3) is 0 Å². The molecule has 12 aromatic heterocycles. The van der Waals surface area contributed by atoms with Crippen LogP contribution in [-0.4, -0.2) is 267 Å². The number of nitrogens with zero attached hydrogens (tertiary/aromatic N) is 23. The second kappa shape index (κ2) is 41.2. The van der Waals surface area contributed by atoms with Gasteiger partial charge in [0, 0.05) is 57.7 Å². The molecule has 724 valence electrons. The topological polar surface area (TPSA) is 543 Å². The third-order valence-corrected chi connectivity index (χ3v) is 29.7. The molecule has 0 bridgehead atoms. The highest BCUT2D eigenvalue weighted by Crippen LogP contribution is 2.39. The van der Waals surface area contributed by atoms with E-state index in [0.29, 0.717) is 229 Å².